The van der Waals surface area contributed by atoms with Gasteiger partial charge in [-0.25, -0.2) is 0 Å². The third kappa shape index (κ3) is 2.86. The van der Waals surface area contributed by atoms with Gasteiger partial charge in [-0.3, -0.25) is 0 Å². The maximum Gasteiger partial charge on any atom is 0.133 e. The van der Waals surface area contributed by atoms with Crippen molar-refractivity contribution in [3.63, 3.8) is 0 Å². The molecule has 0 aliphatic carbocycles. The maximum atomic E-state index is 5.37. The zero-order chi connectivity index (χ0) is 12.9. The number of benzene rings is 2. The fraction of sp³-hybridized carbons (Fsp3) is 0.0588. The Hall–Kier alpha value is -2.48. The van der Waals surface area contributed by atoms with Gasteiger partial charge < -0.3 is 9.73 Å². The van der Waals surface area contributed by atoms with E-state index in [1.807, 2.05) is 18.2 Å². The Kier molecular flexibility index (Phi) is 3.32. The van der Waals surface area contributed by atoms with E-state index in [-0.39, 0.29) is 0 Å². The van der Waals surface area contributed by atoms with Crippen LogP contribution in [0.4, 0.5) is 5.69 Å². The minimum Gasteiger partial charge on any atom is -0.464 e. The van der Waals surface area contributed by atoms with Crippen LogP contribution in [0.2, 0.25) is 0 Å². The van der Waals surface area contributed by atoms with Gasteiger partial charge in [-0.05, 0) is 42.0 Å². The number of rotatable bonds is 4. The predicted molar refractivity (Wildman–Crippen MR) is 77.9 cm³/mol. The van der Waals surface area contributed by atoms with Gasteiger partial charge in [0.2, 0.25) is 0 Å². The molecule has 0 aliphatic rings. The van der Waals surface area contributed by atoms with Crippen molar-refractivity contribution >= 4 is 5.69 Å². The van der Waals surface area contributed by atoms with E-state index in [1.54, 1.807) is 6.26 Å². The Labute approximate surface area is 112 Å². The molecule has 1 N–H and O–H groups in total. The van der Waals surface area contributed by atoms with Crippen LogP contribution in [-0.4, -0.2) is 0 Å². The average molecular weight is 249 g/mol. The van der Waals surface area contributed by atoms with E-state index < -0.39 is 0 Å². The Balaban J connectivity index is 1.67. The van der Waals surface area contributed by atoms with Gasteiger partial charge in [-0.15, -0.1) is 0 Å². The highest BCUT2D eigenvalue weighted by Crippen LogP contribution is 2.21. The second-order valence-corrected chi connectivity index (χ2v) is 4.39. The van der Waals surface area contributed by atoms with E-state index in [0.29, 0.717) is 0 Å². The molecule has 0 radical (unpaired) electrons. The van der Waals surface area contributed by atoms with Crippen molar-refractivity contribution in [2.75, 3.05) is 5.32 Å². The summed E-state index contributed by atoms with van der Waals surface area (Å²) >= 11 is 0. The molecule has 0 spiro atoms. The largest absolute Gasteiger partial charge is 0.464 e. The van der Waals surface area contributed by atoms with Gasteiger partial charge in [0.05, 0.1) is 6.26 Å². The minimum atomic E-state index is 0.834. The fourth-order valence-electron chi connectivity index (χ4n) is 2.00. The Morgan fingerprint density at radius 1 is 0.789 bits per heavy atom. The van der Waals surface area contributed by atoms with Gasteiger partial charge >= 0.3 is 0 Å². The molecule has 1 heterocycles. The van der Waals surface area contributed by atoms with Gasteiger partial charge in [0, 0.05) is 17.8 Å². The molecule has 0 amide bonds. The van der Waals surface area contributed by atoms with E-state index in [1.165, 1.54) is 5.56 Å². The molecule has 0 fully saturated rings. The van der Waals surface area contributed by atoms with Gasteiger partial charge in [-0.1, -0.05) is 30.3 Å². The van der Waals surface area contributed by atoms with Crippen LogP contribution in [0.5, 0.6) is 0 Å². The van der Waals surface area contributed by atoms with Crippen molar-refractivity contribution in [2.45, 2.75) is 6.54 Å². The molecule has 3 rings (SSSR count). The summed E-state index contributed by atoms with van der Waals surface area (Å²) in [5, 5.41) is 3.40. The number of nitrogens with one attached hydrogen (secondary N) is 1. The summed E-state index contributed by atoms with van der Waals surface area (Å²) in [5.41, 5.74) is 3.48. The summed E-state index contributed by atoms with van der Waals surface area (Å²) in [6.07, 6.45) is 1.69. The van der Waals surface area contributed by atoms with Crippen LogP contribution in [0.25, 0.3) is 11.3 Å². The summed E-state index contributed by atoms with van der Waals surface area (Å²) in [7, 11) is 0. The van der Waals surface area contributed by atoms with E-state index >= 15 is 0 Å². The van der Waals surface area contributed by atoms with E-state index in [2.05, 4.69) is 53.8 Å². The molecule has 0 aliphatic heterocycles. The zero-order valence-electron chi connectivity index (χ0n) is 10.5. The zero-order valence-corrected chi connectivity index (χ0v) is 10.5. The fourth-order valence-corrected chi connectivity index (χ4v) is 2.00. The first-order valence-electron chi connectivity index (χ1n) is 6.33. The van der Waals surface area contributed by atoms with Crippen LogP contribution < -0.4 is 5.32 Å². The SMILES string of the molecule is c1ccc(CNc2ccc(-c3ccco3)cc2)cc1. The van der Waals surface area contributed by atoms with E-state index in [0.717, 1.165) is 23.6 Å². The Morgan fingerprint density at radius 3 is 2.26 bits per heavy atom. The summed E-state index contributed by atoms with van der Waals surface area (Å²) in [4.78, 5) is 0. The first-order chi connectivity index (χ1) is 9.42. The summed E-state index contributed by atoms with van der Waals surface area (Å²) < 4.78 is 5.37. The molecule has 0 unspecified atom stereocenters. The van der Waals surface area contributed by atoms with Gasteiger partial charge in [0.15, 0.2) is 0 Å². The Morgan fingerprint density at radius 2 is 1.58 bits per heavy atom. The highest BCUT2D eigenvalue weighted by Gasteiger charge is 2.00. The topological polar surface area (TPSA) is 25.2 Å². The molecule has 2 heteroatoms. The maximum absolute atomic E-state index is 5.37. The molecule has 2 nitrogen and oxygen atoms in total. The molecule has 0 saturated carbocycles. The number of anilines is 1. The van der Waals surface area contributed by atoms with Crippen LogP contribution in [0.15, 0.2) is 77.4 Å². The highest BCUT2D eigenvalue weighted by atomic mass is 16.3. The second-order valence-electron chi connectivity index (χ2n) is 4.39. The van der Waals surface area contributed by atoms with E-state index in [9.17, 15) is 0 Å². The van der Waals surface area contributed by atoms with Crippen molar-refractivity contribution in [1.82, 2.24) is 0 Å². The van der Waals surface area contributed by atoms with E-state index in [4.69, 9.17) is 4.42 Å². The molecular formula is C17H15NO. The average Bonchev–Trinajstić information content (AvgIpc) is 3.01. The Bertz CT molecular complexity index is 612. The third-order valence-electron chi connectivity index (χ3n) is 3.03. The molecule has 0 atom stereocenters. The molecule has 3 aromatic rings. The molecule has 1 aromatic heterocycles. The van der Waals surface area contributed by atoms with Gasteiger partial charge in [0.1, 0.15) is 5.76 Å². The normalized spacial score (nSPS) is 10.3. The molecular weight excluding hydrogens is 234 g/mol. The first kappa shape index (κ1) is 11.6. The highest BCUT2D eigenvalue weighted by molar-refractivity contribution is 5.61. The lowest BCUT2D eigenvalue weighted by atomic mass is 10.1. The van der Waals surface area contributed by atoms with Crippen molar-refractivity contribution < 1.29 is 4.42 Å². The number of furan rings is 1. The molecule has 0 bridgehead atoms. The standard InChI is InChI=1S/C17H15NO/c1-2-5-14(6-3-1)13-18-16-10-8-15(9-11-16)17-7-4-12-19-17/h1-12,18H,13H2. The third-order valence-corrected chi connectivity index (χ3v) is 3.03. The first-order valence-corrected chi connectivity index (χ1v) is 6.33. The van der Waals surface area contributed by atoms with Gasteiger partial charge in [-0.2, -0.15) is 0 Å². The summed E-state index contributed by atoms with van der Waals surface area (Å²) in [6.45, 7) is 0.834. The summed E-state index contributed by atoms with van der Waals surface area (Å²) in [6, 6.07) is 22.5. The summed E-state index contributed by atoms with van der Waals surface area (Å²) in [5.74, 6) is 0.898. The molecule has 94 valence electrons. The van der Waals surface area contributed by atoms with Crippen LogP contribution in [0, 0.1) is 0 Å². The predicted octanol–water partition coefficient (Wildman–Crippen LogP) is 4.56. The van der Waals surface area contributed by atoms with Gasteiger partial charge in [0.25, 0.3) is 0 Å². The van der Waals surface area contributed by atoms with Crippen molar-refractivity contribution in [2.24, 2.45) is 0 Å². The lowest BCUT2D eigenvalue weighted by molar-refractivity contribution is 0.582. The molecule has 19 heavy (non-hydrogen) atoms. The monoisotopic (exact) mass is 249 g/mol. The van der Waals surface area contributed by atoms with Crippen LogP contribution in [-0.2, 0) is 6.54 Å². The second kappa shape index (κ2) is 5.44. The number of hydrogen-bond donors (Lipinski definition) is 1. The van der Waals surface area contributed by atoms with Crippen molar-refractivity contribution in [3.05, 3.63) is 78.6 Å². The van der Waals surface area contributed by atoms with Crippen molar-refractivity contribution in [1.29, 1.82) is 0 Å². The van der Waals surface area contributed by atoms with Crippen LogP contribution in [0.3, 0.4) is 0 Å². The van der Waals surface area contributed by atoms with Crippen LogP contribution >= 0.6 is 0 Å². The smallest absolute Gasteiger partial charge is 0.133 e. The molecule has 2 aromatic carbocycles. The lowest BCUT2D eigenvalue weighted by Crippen LogP contribution is -1.98. The quantitative estimate of drug-likeness (QED) is 0.733. The minimum absolute atomic E-state index is 0.834. The molecule has 0 saturated heterocycles. The van der Waals surface area contributed by atoms with Crippen molar-refractivity contribution in [3.8, 4) is 11.3 Å². The lowest BCUT2D eigenvalue weighted by Gasteiger charge is -2.07. The van der Waals surface area contributed by atoms with Crippen LogP contribution in [0.1, 0.15) is 5.56 Å². The number of hydrogen-bond acceptors (Lipinski definition) is 2.